The zero-order chi connectivity index (χ0) is 23.3. The Bertz CT molecular complexity index is 1230. The summed E-state index contributed by atoms with van der Waals surface area (Å²) in [6.07, 6.45) is 0. The number of nitrogen functional groups attached to an aromatic ring is 1. The summed E-state index contributed by atoms with van der Waals surface area (Å²) < 4.78 is 1.24. The molecular weight excluding hydrogens is 436 g/mol. The van der Waals surface area contributed by atoms with Gasteiger partial charge in [-0.15, -0.1) is 11.3 Å². The predicted octanol–water partition coefficient (Wildman–Crippen LogP) is 3.59. The lowest BCUT2D eigenvalue weighted by Gasteiger charge is -2.31. The van der Waals surface area contributed by atoms with Gasteiger partial charge in [0.15, 0.2) is 0 Å². The average Bonchev–Trinajstić information content (AvgIpc) is 3.21. The van der Waals surface area contributed by atoms with Crippen molar-refractivity contribution in [2.45, 2.75) is 5.54 Å². The van der Waals surface area contributed by atoms with Gasteiger partial charge in [0, 0.05) is 5.38 Å². The Hall–Kier alpha value is -4.17. The van der Waals surface area contributed by atoms with Crippen LogP contribution >= 0.6 is 11.3 Å². The standard InChI is InChI=1S/C25H22N4O3S/c1-32-28-22(23(30)31)21-17-33-24(29(21)26)27-25(18-11-5-2-6-12-18,19-13-7-3-8-14-19)20-15-9-4-10-16-20/h2-17H,26H2,1H3,(H,30,31). The number of carboxylic acid groups (broad SMARTS) is 1. The topological polar surface area (TPSA) is 102 Å². The van der Waals surface area contributed by atoms with Gasteiger partial charge in [-0.1, -0.05) is 96.2 Å². The highest BCUT2D eigenvalue weighted by molar-refractivity contribution is 7.07. The van der Waals surface area contributed by atoms with Crippen LogP contribution in [0.1, 0.15) is 22.4 Å². The van der Waals surface area contributed by atoms with Crippen LogP contribution in [-0.2, 0) is 15.2 Å². The number of thiazole rings is 1. The van der Waals surface area contributed by atoms with E-state index >= 15 is 0 Å². The lowest BCUT2D eigenvalue weighted by Crippen LogP contribution is -2.35. The van der Waals surface area contributed by atoms with Crippen molar-refractivity contribution in [3.63, 3.8) is 0 Å². The van der Waals surface area contributed by atoms with Crippen LogP contribution in [0.15, 0.2) is 107 Å². The van der Waals surface area contributed by atoms with Crippen LogP contribution in [-0.4, -0.2) is 28.6 Å². The van der Waals surface area contributed by atoms with Gasteiger partial charge >= 0.3 is 5.97 Å². The molecule has 3 aromatic carbocycles. The van der Waals surface area contributed by atoms with Crippen LogP contribution in [0.2, 0.25) is 0 Å². The molecule has 0 saturated heterocycles. The van der Waals surface area contributed by atoms with E-state index in [1.54, 1.807) is 5.38 Å². The largest absolute Gasteiger partial charge is 0.476 e. The maximum absolute atomic E-state index is 11.7. The summed E-state index contributed by atoms with van der Waals surface area (Å²) >= 11 is 1.23. The van der Waals surface area contributed by atoms with Crippen molar-refractivity contribution < 1.29 is 14.7 Å². The molecule has 4 aromatic rings. The minimum atomic E-state index is -1.25. The number of oxime groups is 1. The molecule has 7 nitrogen and oxygen atoms in total. The van der Waals surface area contributed by atoms with Gasteiger partial charge < -0.3 is 15.8 Å². The second kappa shape index (κ2) is 9.54. The summed E-state index contributed by atoms with van der Waals surface area (Å²) in [4.78, 5) is 22.0. The Morgan fingerprint density at radius 1 is 0.909 bits per heavy atom. The molecule has 33 heavy (non-hydrogen) atoms. The van der Waals surface area contributed by atoms with Gasteiger partial charge in [0.25, 0.3) is 0 Å². The summed E-state index contributed by atoms with van der Waals surface area (Å²) in [5.41, 5.74) is 1.80. The maximum atomic E-state index is 11.7. The minimum Gasteiger partial charge on any atom is -0.476 e. The maximum Gasteiger partial charge on any atom is 0.360 e. The fourth-order valence-electron chi connectivity index (χ4n) is 3.74. The van der Waals surface area contributed by atoms with Gasteiger partial charge in [-0.3, -0.25) is 0 Å². The van der Waals surface area contributed by atoms with Gasteiger partial charge in [-0.2, -0.15) is 0 Å². The van der Waals surface area contributed by atoms with Crippen LogP contribution in [0.4, 0.5) is 0 Å². The van der Waals surface area contributed by atoms with Crippen molar-refractivity contribution >= 4 is 23.0 Å². The third kappa shape index (κ3) is 4.16. The fraction of sp³-hybridized carbons (Fsp3) is 0.0800. The van der Waals surface area contributed by atoms with Crippen molar-refractivity contribution in [1.29, 1.82) is 0 Å². The van der Waals surface area contributed by atoms with E-state index in [9.17, 15) is 9.90 Å². The second-order valence-corrected chi connectivity index (χ2v) is 7.96. The summed E-state index contributed by atoms with van der Waals surface area (Å²) in [7, 11) is 1.28. The zero-order valence-electron chi connectivity index (χ0n) is 17.8. The fourth-order valence-corrected chi connectivity index (χ4v) is 4.58. The number of carboxylic acids is 1. The molecule has 0 aliphatic heterocycles. The molecule has 4 rings (SSSR count). The Balaban J connectivity index is 2.07. The number of rotatable bonds is 7. The first-order valence-corrected chi connectivity index (χ1v) is 11.0. The number of carbonyl (C=O) groups is 1. The van der Waals surface area contributed by atoms with Crippen molar-refractivity contribution in [2.24, 2.45) is 10.1 Å². The monoisotopic (exact) mass is 458 g/mol. The highest BCUT2D eigenvalue weighted by Gasteiger charge is 2.36. The first kappa shape index (κ1) is 22.0. The average molecular weight is 459 g/mol. The van der Waals surface area contributed by atoms with Crippen LogP contribution in [0.5, 0.6) is 0 Å². The predicted molar refractivity (Wildman–Crippen MR) is 128 cm³/mol. The number of nitrogens with zero attached hydrogens (tertiary/aromatic N) is 3. The first-order valence-electron chi connectivity index (χ1n) is 10.1. The Labute approximate surface area is 194 Å². The van der Waals surface area contributed by atoms with E-state index in [-0.39, 0.29) is 11.4 Å². The van der Waals surface area contributed by atoms with Crippen LogP contribution in [0, 0.1) is 0 Å². The molecule has 1 aromatic heterocycles. The minimum absolute atomic E-state index is 0.191. The third-order valence-electron chi connectivity index (χ3n) is 5.21. The molecule has 166 valence electrons. The Kier molecular flexibility index (Phi) is 6.37. The van der Waals surface area contributed by atoms with E-state index in [4.69, 9.17) is 15.7 Å². The number of aliphatic carboxylic acids is 1. The van der Waals surface area contributed by atoms with Gasteiger partial charge in [0.05, 0.1) is 0 Å². The first-order chi connectivity index (χ1) is 16.1. The molecule has 0 aliphatic rings. The second-order valence-electron chi connectivity index (χ2n) is 7.12. The van der Waals surface area contributed by atoms with Crippen molar-refractivity contribution in [2.75, 3.05) is 13.0 Å². The van der Waals surface area contributed by atoms with Gasteiger partial charge in [-0.25, -0.2) is 14.5 Å². The molecule has 0 amide bonds. The molecule has 0 saturated carbocycles. The van der Waals surface area contributed by atoms with E-state index < -0.39 is 11.5 Å². The lowest BCUT2D eigenvalue weighted by molar-refractivity contribution is -0.129. The summed E-state index contributed by atoms with van der Waals surface area (Å²) in [6, 6.07) is 29.8. The highest BCUT2D eigenvalue weighted by atomic mass is 32.1. The normalized spacial score (nSPS) is 12.5. The lowest BCUT2D eigenvalue weighted by atomic mass is 9.77. The molecule has 0 atom stereocenters. The van der Waals surface area contributed by atoms with Crippen molar-refractivity contribution in [3.05, 3.63) is 124 Å². The molecule has 0 spiro atoms. The number of aromatic nitrogens is 1. The zero-order valence-corrected chi connectivity index (χ0v) is 18.6. The molecule has 0 bridgehead atoms. The van der Waals surface area contributed by atoms with Gasteiger partial charge in [-0.05, 0) is 16.7 Å². The van der Waals surface area contributed by atoms with Crippen LogP contribution in [0.3, 0.4) is 0 Å². The van der Waals surface area contributed by atoms with Crippen LogP contribution < -0.4 is 10.6 Å². The number of hydrogen-bond donors (Lipinski definition) is 2. The smallest absolute Gasteiger partial charge is 0.360 e. The number of benzene rings is 3. The number of nitrogens with two attached hydrogens (primary N) is 1. The quantitative estimate of drug-likeness (QED) is 0.191. The molecule has 0 unspecified atom stereocenters. The SMILES string of the molecule is CON=C(C(=O)O)c1csc(=NC(c2ccccc2)(c2ccccc2)c2ccccc2)n1N. The van der Waals surface area contributed by atoms with Gasteiger partial charge in [0.1, 0.15) is 18.3 Å². The summed E-state index contributed by atoms with van der Waals surface area (Å²) in [6.45, 7) is 0. The molecule has 0 aliphatic carbocycles. The summed E-state index contributed by atoms with van der Waals surface area (Å²) in [5.74, 6) is 5.10. The van der Waals surface area contributed by atoms with E-state index in [2.05, 4.69) is 5.16 Å². The summed E-state index contributed by atoms with van der Waals surface area (Å²) in [5, 5.41) is 14.8. The number of hydrogen-bond acceptors (Lipinski definition) is 6. The molecule has 0 radical (unpaired) electrons. The van der Waals surface area contributed by atoms with E-state index in [1.807, 2.05) is 91.0 Å². The molecule has 3 N–H and O–H groups in total. The molecule has 1 heterocycles. The Morgan fingerprint density at radius 2 is 1.36 bits per heavy atom. The van der Waals surface area contributed by atoms with E-state index in [0.29, 0.717) is 4.80 Å². The van der Waals surface area contributed by atoms with E-state index in [0.717, 1.165) is 16.7 Å². The molecule has 0 fully saturated rings. The van der Waals surface area contributed by atoms with Crippen LogP contribution in [0.25, 0.3) is 0 Å². The third-order valence-corrected chi connectivity index (χ3v) is 6.05. The Morgan fingerprint density at radius 3 is 1.76 bits per heavy atom. The van der Waals surface area contributed by atoms with Gasteiger partial charge in [0.2, 0.25) is 10.5 Å². The van der Waals surface area contributed by atoms with Crippen molar-refractivity contribution in [1.82, 2.24) is 4.68 Å². The highest BCUT2D eigenvalue weighted by Crippen LogP contribution is 2.40. The molecule has 8 heteroatoms. The molecular formula is C25H22N4O3S. The van der Waals surface area contributed by atoms with Crippen molar-refractivity contribution in [3.8, 4) is 0 Å². The van der Waals surface area contributed by atoms with E-state index in [1.165, 1.54) is 23.1 Å².